The van der Waals surface area contributed by atoms with E-state index < -0.39 is 9.93 Å². The molecular weight excluding hydrogens is 185 g/mol. The fourth-order valence-electron chi connectivity index (χ4n) is 0.396. The number of hydrogen-bond donors (Lipinski definition) is 1. The SMILES string of the molecule is CC(C)(C)OC(=N)C(C)(Cl)Cl. The van der Waals surface area contributed by atoms with Gasteiger partial charge in [0.25, 0.3) is 0 Å². The van der Waals surface area contributed by atoms with Crippen molar-refractivity contribution < 1.29 is 4.74 Å². The molecule has 0 amide bonds. The summed E-state index contributed by atoms with van der Waals surface area (Å²) in [4.78, 5) is 0. The monoisotopic (exact) mass is 197 g/mol. The third-order valence-electron chi connectivity index (χ3n) is 0.807. The molecule has 0 spiro atoms. The third-order valence-corrected chi connectivity index (χ3v) is 1.15. The molecule has 0 bridgehead atoms. The summed E-state index contributed by atoms with van der Waals surface area (Å²) in [6.07, 6.45) is 0. The molecule has 4 heteroatoms. The standard InChI is InChI=1S/C7H13Cl2NO/c1-6(2,3)11-5(10)7(4,8)9/h10H,1-4H3. The molecule has 0 aromatic heterocycles. The average Bonchev–Trinajstić information content (AvgIpc) is 1.56. The van der Waals surface area contributed by atoms with E-state index in [0.717, 1.165) is 0 Å². The largest absolute Gasteiger partial charge is 0.473 e. The molecule has 1 N–H and O–H groups in total. The van der Waals surface area contributed by atoms with Gasteiger partial charge < -0.3 is 4.74 Å². The van der Waals surface area contributed by atoms with Crippen LogP contribution >= 0.6 is 23.2 Å². The zero-order chi connectivity index (χ0) is 9.28. The molecule has 0 aromatic carbocycles. The van der Waals surface area contributed by atoms with Crippen molar-refractivity contribution in [1.29, 1.82) is 5.41 Å². The molecule has 0 fully saturated rings. The Kier molecular flexibility index (Phi) is 3.21. The first-order valence-corrected chi connectivity index (χ1v) is 4.04. The van der Waals surface area contributed by atoms with E-state index in [2.05, 4.69) is 0 Å². The molecule has 0 aliphatic rings. The number of nitrogens with one attached hydrogen (secondary N) is 1. The Balaban J connectivity index is 4.11. The van der Waals surface area contributed by atoms with E-state index in [0.29, 0.717) is 0 Å². The maximum Gasteiger partial charge on any atom is 0.218 e. The quantitative estimate of drug-likeness (QED) is 0.392. The summed E-state index contributed by atoms with van der Waals surface area (Å²) in [5.74, 6) is -0.117. The van der Waals surface area contributed by atoms with Crippen LogP contribution < -0.4 is 0 Å². The lowest BCUT2D eigenvalue weighted by molar-refractivity contribution is 0.110. The molecule has 11 heavy (non-hydrogen) atoms. The molecule has 0 aliphatic carbocycles. The van der Waals surface area contributed by atoms with Crippen molar-refractivity contribution >= 4 is 29.1 Å². The Morgan fingerprint density at radius 2 is 1.55 bits per heavy atom. The first-order valence-electron chi connectivity index (χ1n) is 3.29. The molecule has 0 atom stereocenters. The van der Waals surface area contributed by atoms with Crippen LogP contribution in [0.2, 0.25) is 0 Å². The van der Waals surface area contributed by atoms with Crippen LogP contribution in [0.25, 0.3) is 0 Å². The number of alkyl halides is 2. The molecule has 0 radical (unpaired) electrons. The van der Waals surface area contributed by atoms with E-state index in [-0.39, 0.29) is 5.90 Å². The number of ether oxygens (including phenoxy) is 1. The summed E-state index contributed by atoms with van der Waals surface area (Å²) in [5.41, 5.74) is -0.415. The molecule has 0 unspecified atom stereocenters. The topological polar surface area (TPSA) is 33.1 Å². The maximum atomic E-state index is 7.31. The Labute approximate surface area is 77.3 Å². The minimum Gasteiger partial charge on any atom is -0.473 e. The summed E-state index contributed by atoms with van der Waals surface area (Å²) < 4.78 is 3.89. The molecule has 0 heterocycles. The third kappa shape index (κ3) is 5.33. The Morgan fingerprint density at radius 3 is 1.64 bits per heavy atom. The van der Waals surface area contributed by atoms with Gasteiger partial charge >= 0.3 is 0 Å². The summed E-state index contributed by atoms with van der Waals surface area (Å²) in [6, 6.07) is 0. The van der Waals surface area contributed by atoms with Crippen molar-refractivity contribution in [3.05, 3.63) is 0 Å². The van der Waals surface area contributed by atoms with E-state index >= 15 is 0 Å². The van der Waals surface area contributed by atoms with Crippen LogP contribution in [0.15, 0.2) is 0 Å². The lowest BCUT2D eigenvalue weighted by Gasteiger charge is -2.25. The highest BCUT2D eigenvalue weighted by Crippen LogP contribution is 2.24. The van der Waals surface area contributed by atoms with Crippen LogP contribution in [0.3, 0.4) is 0 Å². The number of rotatable bonds is 1. The van der Waals surface area contributed by atoms with Gasteiger partial charge in [-0.1, -0.05) is 23.2 Å². The summed E-state index contributed by atoms with van der Waals surface area (Å²) >= 11 is 11.2. The van der Waals surface area contributed by atoms with Gasteiger partial charge in [-0.2, -0.15) is 0 Å². The van der Waals surface area contributed by atoms with Crippen molar-refractivity contribution in [2.24, 2.45) is 0 Å². The predicted molar refractivity (Wildman–Crippen MR) is 48.7 cm³/mol. The van der Waals surface area contributed by atoms with Gasteiger partial charge in [-0.3, -0.25) is 5.41 Å². The zero-order valence-electron chi connectivity index (χ0n) is 7.16. The van der Waals surface area contributed by atoms with Crippen molar-refractivity contribution in [1.82, 2.24) is 0 Å². The van der Waals surface area contributed by atoms with Gasteiger partial charge in [-0.15, -0.1) is 0 Å². The lowest BCUT2D eigenvalue weighted by Crippen LogP contribution is -2.32. The molecule has 66 valence electrons. The van der Waals surface area contributed by atoms with E-state index in [1.54, 1.807) is 0 Å². The Morgan fingerprint density at radius 1 is 1.18 bits per heavy atom. The molecule has 2 nitrogen and oxygen atoms in total. The van der Waals surface area contributed by atoms with Crippen molar-refractivity contribution in [3.8, 4) is 0 Å². The van der Waals surface area contributed by atoms with Crippen LogP contribution in [-0.2, 0) is 4.74 Å². The van der Waals surface area contributed by atoms with Crippen LogP contribution in [0.1, 0.15) is 27.7 Å². The highest BCUT2D eigenvalue weighted by molar-refractivity contribution is 6.57. The van der Waals surface area contributed by atoms with Gasteiger partial charge in [-0.05, 0) is 27.7 Å². The number of hydrogen-bond acceptors (Lipinski definition) is 2. The first kappa shape index (κ1) is 11.1. The van der Waals surface area contributed by atoms with Crippen LogP contribution in [0.5, 0.6) is 0 Å². The van der Waals surface area contributed by atoms with Crippen molar-refractivity contribution in [2.45, 2.75) is 37.6 Å². The van der Waals surface area contributed by atoms with Gasteiger partial charge in [0.15, 0.2) is 4.33 Å². The van der Waals surface area contributed by atoms with Gasteiger partial charge in [0, 0.05) is 0 Å². The smallest absolute Gasteiger partial charge is 0.218 e. The summed E-state index contributed by atoms with van der Waals surface area (Å²) in [5, 5.41) is 7.31. The van der Waals surface area contributed by atoms with Crippen LogP contribution in [0.4, 0.5) is 0 Å². The molecule has 0 aliphatic heterocycles. The van der Waals surface area contributed by atoms with Gasteiger partial charge in [0.05, 0.1) is 0 Å². The van der Waals surface area contributed by atoms with Gasteiger partial charge in [0.1, 0.15) is 5.60 Å². The van der Waals surface area contributed by atoms with Crippen molar-refractivity contribution in [3.63, 3.8) is 0 Å². The molecular formula is C7H13Cl2NO. The molecule has 0 aromatic rings. The second-order valence-electron chi connectivity index (χ2n) is 3.43. The molecule has 0 saturated heterocycles. The Bertz CT molecular complexity index is 155. The molecule has 0 rings (SSSR count). The van der Waals surface area contributed by atoms with E-state index in [1.165, 1.54) is 6.92 Å². The fraction of sp³-hybridized carbons (Fsp3) is 0.857. The van der Waals surface area contributed by atoms with Crippen LogP contribution in [0, 0.1) is 5.41 Å². The average molecular weight is 198 g/mol. The number of halogens is 2. The first-order chi connectivity index (χ1) is 4.63. The highest BCUT2D eigenvalue weighted by atomic mass is 35.5. The van der Waals surface area contributed by atoms with Crippen molar-refractivity contribution in [2.75, 3.05) is 0 Å². The second kappa shape index (κ2) is 3.20. The summed E-state index contributed by atoms with van der Waals surface area (Å²) in [7, 11) is 0. The highest BCUT2D eigenvalue weighted by Gasteiger charge is 2.28. The summed E-state index contributed by atoms with van der Waals surface area (Å²) in [6.45, 7) is 7.01. The van der Waals surface area contributed by atoms with E-state index in [1.807, 2.05) is 20.8 Å². The molecule has 0 saturated carbocycles. The van der Waals surface area contributed by atoms with Gasteiger partial charge in [-0.25, -0.2) is 0 Å². The van der Waals surface area contributed by atoms with Crippen LogP contribution in [-0.4, -0.2) is 15.8 Å². The lowest BCUT2D eigenvalue weighted by atomic mass is 10.2. The van der Waals surface area contributed by atoms with E-state index in [4.69, 9.17) is 33.3 Å². The Hall–Kier alpha value is 0.0500. The second-order valence-corrected chi connectivity index (χ2v) is 5.14. The fourth-order valence-corrected chi connectivity index (χ4v) is 0.473. The normalized spacial score (nSPS) is 12.9. The minimum atomic E-state index is -1.23. The van der Waals surface area contributed by atoms with E-state index in [9.17, 15) is 0 Å². The predicted octanol–water partition coefficient (Wildman–Crippen LogP) is 2.97. The van der Waals surface area contributed by atoms with Gasteiger partial charge in [0.2, 0.25) is 5.90 Å². The minimum absolute atomic E-state index is 0.117. The maximum absolute atomic E-state index is 7.31. The zero-order valence-corrected chi connectivity index (χ0v) is 8.68.